The molecule has 0 aromatic heterocycles. The van der Waals surface area contributed by atoms with Crippen molar-refractivity contribution in [3.63, 3.8) is 0 Å². The summed E-state index contributed by atoms with van der Waals surface area (Å²) in [5.74, 6) is -0.295. The van der Waals surface area contributed by atoms with Gasteiger partial charge in [0.25, 0.3) is 0 Å². The summed E-state index contributed by atoms with van der Waals surface area (Å²) in [4.78, 5) is 25.4. The van der Waals surface area contributed by atoms with E-state index in [1.165, 1.54) is 0 Å². The molecule has 1 aromatic rings. The zero-order valence-corrected chi connectivity index (χ0v) is 12.6. The number of benzene rings is 1. The molecule has 5 nitrogen and oxygen atoms in total. The first-order valence-electron chi connectivity index (χ1n) is 7.07. The van der Waals surface area contributed by atoms with Crippen LogP contribution in [0.15, 0.2) is 12.1 Å². The highest BCUT2D eigenvalue weighted by atomic mass is 35.5. The zero-order valence-electron chi connectivity index (χ0n) is 11.8. The van der Waals surface area contributed by atoms with Crippen molar-refractivity contribution in [2.45, 2.75) is 25.2 Å². The van der Waals surface area contributed by atoms with Gasteiger partial charge in [0.05, 0.1) is 23.7 Å². The number of piperidine rings is 1. The van der Waals surface area contributed by atoms with Crippen LogP contribution in [0.4, 0.5) is 5.69 Å². The Hall–Kier alpha value is -1.75. The van der Waals surface area contributed by atoms with Gasteiger partial charge in [0.1, 0.15) is 0 Å². The standard InChI is InChI=1S/C15H17ClN2O3/c1-21-14-11(18-7-2-8-18)5-3-9(13(14)16)10-4-6-12(19)17-15(10)20/h3,5,10H,2,4,6-8H2,1H3,(H,17,19,20)/t10-/m0/s1. The molecule has 21 heavy (non-hydrogen) atoms. The quantitative estimate of drug-likeness (QED) is 0.869. The average molecular weight is 309 g/mol. The minimum Gasteiger partial charge on any atom is -0.493 e. The number of halogens is 1. The molecule has 2 aliphatic heterocycles. The fourth-order valence-electron chi connectivity index (χ4n) is 2.82. The van der Waals surface area contributed by atoms with E-state index in [-0.39, 0.29) is 11.8 Å². The Kier molecular flexibility index (Phi) is 3.76. The Morgan fingerprint density at radius 2 is 2.10 bits per heavy atom. The van der Waals surface area contributed by atoms with Gasteiger partial charge in [-0.3, -0.25) is 14.9 Å². The first kappa shape index (κ1) is 14.2. The minimum absolute atomic E-state index is 0.225. The maximum absolute atomic E-state index is 12.0. The number of hydrogen-bond acceptors (Lipinski definition) is 4. The van der Waals surface area contributed by atoms with Gasteiger partial charge in [-0.1, -0.05) is 17.7 Å². The SMILES string of the molecule is COc1c(N2CCC2)ccc([C@@H]2CCC(=O)NC2=O)c1Cl. The Morgan fingerprint density at radius 3 is 2.67 bits per heavy atom. The molecule has 6 heteroatoms. The van der Waals surface area contributed by atoms with Gasteiger partial charge < -0.3 is 9.64 Å². The van der Waals surface area contributed by atoms with Gasteiger partial charge in [0.15, 0.2) is 5.75 Å². The number of amides is 2. The highest BCUT2D eigenvalue weighted by Gasteiger charge is 2.31. The molecule has 1 aromatic carbocycles. The molecule has 0 aliphatic carbocycles. The van der Waals surface area contributed by atoms with Crippen LogP contribution in [0, 0.1) is 0 Å². The summed E-state index contributed by atoms with van der Waals surface area (Å²) in [5, 5.41) is 2.83. The van der Waals surface area contributed by atoms with Crippen LogP contribution >= 0.6 is 11.6 Å². The van der Waals surface area contributed by atoms with E-state index in [1.54, 1.807) is 7.11 Å². The van der Waals surface area contributed by atoms with Gasteiger partial charge in [-0.25, -0.2) is 0 Å². The van der Waals surface area contributed by atoms with Crippen LogP contribution in [0.1, 0.15) is 30.7 Å². The molecule has 0 saturated carbocycles. The molecule has 2 heterocycles. The third-order valence-electron chi connectivity index (χ3n) is 4.12. The fourth-order valence-corrected chi connectivity index (χ4v) is 3.19. The van der Waals surface area contributed by atoms with E-state index >= 15 is 0 Å². The normalized spacial score (nSPS) is 21.8. The van der Waals surface area contributed by atoms with Crippen molar-refractivity contribution in [2.24, 2.45) is 0 Å². The number of nitrogens with zero attached hydrogens (tertiary/aromatic N) is 1. The summed E-state index contributed by atoms with van der Waals surface area (Å²) >= 11 is 6.46. The second kappa shape index (κ2) is 5.56. The average Bonchev–Trinajstić information content (AvgIpc) is 2.38. The van der Waals surface area contributed by atoms with Crippen molar-refractivity contribution in [3.8, 4) is 5.75 Å². The van der Waals surface area contributed by atoms with Crippen LogP contribution in [0.25, 0.3) is 0 Å². The van der Waals surface area contributed by atoms with Gasteiger partial charge in [-0.2, -0.15) is 0 Å². The Bertz CT molecular complexity index is 599. The maximum Gasteiger partial charge on any atom is 0.234 e. The van der Waals surface area contributed by atoms with Crippen LogP contribution in [0.2, 0.25) is 5.02 Å². The highest BCUT2D eigenvalue weighted by molar-refractivity contribution is 6.33. The number of nitrogens with one attached hydrogen (secondary N) is 1. The number of carbonyl (C=O) groups is 2. The predicted octanol–water partition coefficient (Wildman–Crippen LogP) is 2.08. The molecule has 2 saturated heterocycles. The monoisotopic (exact) mass is 308 g/mol. The van der Waals surface area contributed by atoms with Crippen molar-refractivity contribution in [1.82, 2.24) is 5.32 Å². The number of rotatable bonds is 3. The molecule has 2 aliphatic rings. The van der Waals surface area contributed by atoms with Crippen molar-refractivity contribution in [2.75, 3.05) is 25.1 Å². The number of imide groups is 1. The van der Waals surface area contributed by atoms with Crippen molar-refractivity contribution in [1.29, 1.82) is 0 Å². The van der Waals surface area contributed by atoms with E-state index < -0.39 is 5.92 Å². The second-order valence-corrected chi connectivity index (χ2v) is 5.74. The summed E-state index contributed by atoms with van der Waals surface area (Å²) in [5.41, 5.74) is 1.69. The van der Waals surface area contributed by atoms with E-state index in [0.29, 0.717) is 23.6 Å². The molecule has 1 N–H and O–H groups in total. The Labute approximate surface area is 128 Å². The first-order valence-corrected chi connectivity index (χ1v) is 7.44. The maximum atomic E-state index is 12.0. The number of anilines is 1. The van der Waals surface area contributed by atoms with E-state index in [0.717, 1.165) is 30.8 Å². The second-order valence-electron chi connectivity index (χ2n) is 5.37. The van der Waals surface area contributed by atoms with Crippen LogP contribution in [0.3, 0.4) is 0 Å². The topological polar surface area (TPSA) is 58.6 Å². The Morgan fingerprint density at radius 1 is 1.33 bits per heavy atom. The van der Waals surface area contributed by atoms with E-state index in [1.807, 2.05) is 12.1 Å². The van der Waals surface area contributed by atoms with Gasteiger partial charge in [0, 0.05) is 19.5 Å². The number of methoxy groups -OCH3 is 1. The van der Waals surface area contributed by atoms with Gasteiger partial charge in [-0.15, -0.1) is 0 Å². The molecule has 0 bridgehead atoms. The lowest BCUT2D eigenvalue weighted by Gasteiger charge is -2.35. The molecule has 0 spiro atoms. The number of hydrogen-bond donors (Lipinski definition) is 1. The summed E-state index contributed by atoms with van der Waals surface area (Å²) in [6, 6.07) is 3.82. The van der Waals surface area contributed by atoms with Gasteiger partial charge in [-0.05, 0) is 24.5 Å². The largest absolute Gasteiger partial charge is 0.493 e. The van der Waals surface area contributed by atoms with E-state index in [4.69, 9.17) is 16.3 Å². The molecule has 0 unspecified atom stereocenters. The molecule has 0 radical (unpaired) electrons. The zero-order chi connectivity index (χ0) is 15.0. The summed E-state index contributed by atoms with van der Waals surface area (Å²) in [6.45, 7) is 1.98. The lowest BCUT2D eigenvalue weighted by atomic mass is 9.90. The number of carbonyl (C=O) groups excluding carboxylic acids is 2. The molecular formula is C15H17ClN2O3. The molecule has 2 fully saturated rings. The van der Waals surface area contributed by atoms with E-state index in [9.17, 15) is 9.59 Å². The summed E-state index contributed by atoms with van der Waals surface area (Å²) < 4.78 is 5.45. The number of ether oxygens (including phenoxy) is 1. The van der Waals surface area contributed by atoms with Crippen LogP contribution in [-0.4, -0.2) is 32.0 Å². The van der Waals surface area contributed by atoms with Crippen molar-refractivity contribution >= 4 is 29.1 Å². The fraction of sp³-hybridized carbons (Fsp3) is 0.467. The van der Waals surface area contributed by atoms with Crippen molar-refractivity contribution in [3.05, 3.63) is 22.7 Å². The van der Waals surface area contributed by atoms with Gasteiger partial charge in [0.2, 0.25) is 11.8 Å². The van der Waals surface area contributed by atoms with Crippen LogP contribution in [0.5, 0.6) is 5.75 Å². The molecule has 3 rings (SSSR count). The third-order valence-corrected chi connectivity index (χ3v) is 4.51. The van der Waals surface area contributed by atoms with Crippen molar-refractivity contribution < 1.29 is 14.3 Å². The Balaban J connectivity index is 1.96. The van der Waals surface area contributed by atoms with E-state index in [2.05, 4.69) is 10.2 Å². The smallest absolute Gasteiger partial charge is 0.234 e. The highest BCUT2D eigenvalue weighted by Crippen LogP contribution is 2.43. The molecular weight excluding hydrogens is 292 g/mol. The lowest BCUT2D eigenvalue weighted by molar-refractivity contribution is -0.134. The summed E-state index contributed by atoms with van der Waals surface area (Å²) in [6.07, 6.45) is 1.98. The molecule has 1 atom stereocenters. The van der Waals surface area contributed by atoms with Gasteiger partial charge >= 0.3 is 0 Å². The summed E-state index contributed by atoms with van der Waals surface area (Å²) in [7, 11) is 1.58. The van der Waals surface area contributed by atoms with Crippen LogP contribution < -0.4 is 15.0 Å². The lowest BCUT2D eigenvalue weighted by Crippen LogP contribution is -2.39. The first-order chi connectivity index (χ1) is 10.1. The van der Waals surface area contributed by atoms with Crippen LogP contribution in [-0.2, 0) is 9.59 Å². The molecule has 2 amide bonds. The molecule has 112 valence electrons. The predicted molar refractivity (Wildman–Crippen MR) is 80.0 cm³/mol. The minimum atomic E-state index is -0.394. The third kappa shape index (κ3) is 2.46.